The number of carbonyl (C=O) groups excluding carboxylic acids is 2. The number of benzene rings is 2. The second kappa shape index (κ2) is 9.72. The number of aliphatic hydroxyl groups is 1. The Bertz CT molecular complexity index is 1640. The van der Waals surface area contributed by atoms with Gasteiger partial charge in [0.05, 0.1) is 34.9 Å². The van der Waals surface area contributed by atoms with Crippen molar-refractivity contribution < 1.29 is 29.3 Å². The van der Waals surface area contributed by atoms with Gasteiger partial charge < -0.3 is 30.0 Å². The van der Waals surface area contributed by atoms with Crippen molar-refractivity contribution in [2.45, 2.75) is 80.9 Å². The number of esters is 1. The number of para-hydroxylation sites is 1. The van der Waals surface area contributed by atoms with Gasteiger partial charge in [0, 0.05) is 42.9 Å². The van der Waals surface area contributed by atoms with Crippen LogP contribution in [-0.4, -0.2) is 70.4 Å². The van der Waals surface area contributed by atoms with Gasteiger partial charge in [0.25, 0.3) is 5.91 Å². The van der Waals surface area contributed by atoms with Crippen LogP contribution in [-0.2, 0) is 27.8 Å². The Labute approximate surface area is 250 Å². The Balaban J connectivity index is 1.15. The van der Waals surface area contributed by atoms with Crippen LogP contribution in [0.3, 0.4) is 0 Å². The summed E-state index contributed by atoms with van der Waals surface area (Å²) in [6.45, 7) is 2.42. The summed E-state index contributed by atoms with van der Waals surface area (Å²) in [5.41, 5.74) is 3.63. The number of H-pyrrole nitrogens is 1. The number of hydrogen-bond acceptors (Lipinski definition) is 7. The zero-order valence-corrected chi connectivity index (χ0v) is 24.6. The third kappa shape index (κ3) is 3.83. The van der Waals surface area contributed by atoms with Crippen molar-refractivity contribution in [2.24, 2.45) is 5.92 Å². The van der Waals surface area contributed by atoms with Gasteiger partial charge in [0.2, 0.25) is 0 Å². The van der Waals surface area contributed by atoms with Gasteiger partial charge in [-0.05, 0) is 74.2 Å². The topological polar surface area (TPSA) is 124 Å². The number of aromatic amines is 1. The summed E-state index contributed by atoms with van der Waals surface area (Å²) in [5.74, 6) is 0.970. The van der Waals surface area contributed by atoms with Gasteiger partial charge in [0.15, 0.2) is 17.6 Å². The fourth-order valence-corrected chi connectivity index (χ4v) is 8.81. The third-order valence-electron chi connectivity index (χ3n) is 11.0. The minimum Gasteiger partial charge on any atom is -0.504 e. The molecule has 1 spiro atoms. The van der Waals surface area contributed by atoms with E-state index in [9.17, 15) is 19.8 Å². The lowest BCUT2D eigenvalue weighted by molar-refractivity contribution is -0.173. The maximum atomic E-state index is 13.4. The number of nitrogens with zero attached hydrogens (tertiary/aromatic N) is 1. The molecule has 3 unspecified atom stereocenters. The van der Waals surface area contributed by atoms with Gasteiger partial charge in [-0.15, -0.1) is 0 Å². The first-order valence-electron chi connectivity index (χ1n) is 15.8. The van der Waals surface area contributed by atoms with Crippen LogP contribution in [0.4, 0.5) is 0 Å². The number of aromatic nitrogens is 1. The van der Waals surface area contributed by atoms with Crippen LogP contribution in [0.2, 0.25) is 0 Å². The van der Waals surface area contributed by atoms with E-state index in [1.807, 2.05) is 24.3 Å². The normalized spacial score (nSPS) is 28.2. The number of phenolic OH excluding ortho intramolecular Hbond substituents is 1. The molecule has 2 aromatic carbocycles. The van der Waals surface area contributed by atoms with Crippen LogP contribution < -0.4 is 10.1 Å². The van der Waals surface area contributed by atoms with Gasteiger partial charge in [-0.1, -0.05) is 24.6 Å². The van der Waals surface area contributed by atoms with E-state index in [2.05, 4.69) is 15.2 Å². The van der Waals surface area contributed by atoms with Crippen molar-refractivity contribution in [3.63, 3.8) is 0 Å². The number of ether oxygens (including phenoxy) is 2. The number of fused-ring (bicyclic) bond motifs is 4. The van der Waals surface area contributed by atoms with Gasteiger partial charge in [-0.25, -0.2) is 0 Å². The molecule has 226 valence electrons. The molecule has 2 fully saturated rings. The number of rotatable bonds is 9. The molecule has 8 rings (SSSR count). The molecule has 2 aliphatic heterocycles. The lowest BCUT2D eigenvalue weighted by Gasteiger charge is -2.62. The Morgan fingerprint density at radius 2 is 2.05 bits per heavy atom. The fraction of sp³-hybridized carbons (Fsp3) is 0.529. The van der Waals surface area contributed by atoms with Gasteiger partial charge in [-0.2, -0.15) is 0 Å². The van der Waals surface area contributed by atoms with Gasteiger partial charge in [0.1, 0.15) is 0 Å². The predicted molar refractivity (Wildman–Crippen MR) is 159 cm³/mol. The standard InChI is InChI=1S/C34H39N3O6/c1-42-26(39)8-3-2-4-14-35-32(40)22-7-5-6-21-23-17-34(41)25-16-20-11-12-24(38)30-27(20)33(34,13-15-37(25)18-19-9-10-19)31(43-30)29(23)36-28(21)22/h5-7,11-12,19,25,31,36,38,41H,2-4,8-10,13-18H2,1H3,(H,35,40)/t25?,31?,33?,34-/m1/s1. The molecule has 3 aromatic rings. The molecule has 0 radical (unpaired) electrons. The predicted octanol–water partition coefficient (Wildman–Crippen LogP) is 4.04. The summed E-state index contributed by atoms with van der Waals surface area (Å²) >= 11 is 0. The van der Waals surface area contributed by atoms with Crippen molar-refractivity contribution in [3.8, 4) is 11.5 Å². The van der Waals surface area contributed by atoms with E-state index >= 15 is 0 Å². The second-order valence-corrected chi connectivity index (χ2v) is 13.3. The van der Waals surface area contributed by atoms with E-state index in [1.54, 1.807) is 6.07 Å². The average molecular weight is 586 g/mol. The monoisotopic (exact) mass is 585 g/mol. The number of unbranched alkanes of at least 4 members (excludes halogenated alkanes) is 2. The number of aromatic hydroxyl groups is 1. The molecule has 3 aliphatic carbocycles. The van der Waals surface area contributed by atoms with Crippen LogP contribution in [0.1, 0.15) is 83.8 Å². The molecule has 1 amide bonds. The zero-order chi connectivity index (χ0) is 29.5. The number of nitrogens with one attached hydrogen (secondary N) is 2. The van der Waals surface area contributed by atoms with Crippen molar-refractivity contribution in [2.75, 3.05) is 26.7 Å². The first-order chi connectivity index (χ1) is 20.9. The van der Waals surface area contributed by atoms with Crippen molar-refractivity contribution in [1.82, 2.24) is 15.2 Å². The minimum atomic E-state index is -1.07. The molecule has 1 saturated carbocycles. The molecule has 3 heterocycles. The van der Waals surface area contributed by atoms with Crippen LogP contribution in [0.5, 0.6) is 11.5 Å². The highest BCUT2D eigenvalue weighted by Crippen LogP contribution is 2.69. The number of methoxy groups -OCH3 is 1. The maximum absolute atomic E-state index is 13.4. The largest absolute Gasteiger partial charge is 0.504 e. The lowest BCUT2D eigenvalue weighted by atomic mass is 9.49. The average Bonchev–Trinajstić information content (AvgIpc) is 3.64. The molecule has 1 saturated heterocycles. The van der Waals surface area contributed by atoms with E-state index in [0.717, 1.165) is 78.5 Å². The van der Waals surface area contributed by atoms with E-state index in [4.69, 9.17) is 9.47 Å². The SMILES string of the molecule is COC(=O)CCCCCNC(=O)c1cccc2c3c([nH]c12)C1Oc2c(O)ccc4c2C12CCN(CC1CC1)C(C4)[C@]2(O)C3. The van der Waals surface area contributed by atoms with Crippen LogP contribution in [0, 0.1) is 5.92 Å². The number of amides is 1. The number of likely N-dealkylation sites (tertiary alicyclic amines) is 1. The van der Waals surface area contributed by atoms with Crippen LogP contribution >= 0.6 is 0 Å². The molecular formula is C34H39N3O6. The van der Waals surface area contributed by atoms with E-state index in [1.165, 1.54) is 20.0 Å². The summed E-state index contributed by atoms with van der Waals surface area (Å²) in [6, 6.07) is 9.48. The zero-order valence-electron chi connectivity index (χ0n) is 24.6. The highest BCUT2D eigenvalue weighted by atomic mass is 16.5. The van der Waals surface area contributed by atoms with Crippen LogP contribution in [0.25, 0.3) is 10.9 Å². The summed E-state index contributed by atoms with van der Waals surface area (Å²) in [6.07, 6.45) is 6.70. The Morgan fingerprint density at radius 3 is 2.86 bits per heavy atom. The molecule has 43 heavy (non-hydrogen) atoms. The molecule has 1 aromatic heterocycles. The Kier molecular flexibility index (Phi) is 6.11. The first-order valence-corrected chi connectivity index (χ1v) is 15.8. The van der Waals surface area contributed by atoms with Crippen molar-refractivity contribution in [1.29, 1.82) is 0 Å². The van der Waals surface area contributed by atoms with E-state index in [0.29, 0.717) is 36.6 Å². The van der Waals surface area contributed by atoms with E-state index in [-0.39, 0.29) is 23.7 Å². The minimum absolute atomic E-state index is 0.0419. The highest BCUT2D eigenvalue weighted by Gasteiger charge is 2.72. The maximum Gasteiger partial charge on any atom is 0.305 e. The molecule has 9 nitrogen and oxygen atoms in total. The quantitative estimate of drug-likeness (QED) is 0.221. The summed E-state index contributed by atoms with van der Waals surface area (Å²) in [7, 11) is 1.39. The first kappa shape index (κ1) is 27.0. The number of phenols is 1. The second-order valence-electron chi connectivity index (χ2n) is 13.3. The summed E-state index contributed by atoms with van der Waals surface area (Å²) in [5, 5.41) is 28.0. The molecule has 4 N–H and O–H groups in total. The molecule has 4 atom stereocenters. The van der Waals surface area contributed by atoms with Gasteiger partial charge in [-0.3, -0.25) is 14.5 Å². The van der Waals surface area contributed by atoms with Crippen LogP contribution in [0.15, 0.2) is 30.3 Å². The smallest absolute Gasteiger partial charge is 0.305 e. The lowest BCUT2D eigenvalue weighted by Crippen LogP contribution is -2.74. The third-order valence-corrected chi connectivity index (χ3v) is 11.0. The summed E-state index contributed by atoms with van der Waals surface area (Å²) < 4.78 is 11.4. The molecule has 5 aliphatic rings. The van der Waals surface area contributed by atoms with Gasteiger partial charge >= 0.3 is 5.97 Å². The molecule has 9 heteroatoms. The molecular weight excluding hydrogens is 546 g/mol. The van der Waals surface area contributed by atoms with Crippen molar-refractivity contribution >= 4 is 22.8 Å². The van der Waals surface area contributed by atoms with Crippen molar-refractivity contribution in [3.05, 3.63) is 58.3 Å². The molecule has 2 bridgehead atoms. The van der Waals surface area contributed by atoms with E-state index < -0.39 is 17.1 Å². The number of hydrogen-bond donors (Lipinski definition) is 4. The number of carbonyl (C=O) groups is 2. The fourth-order valence-electron chi connectivity index (χ4n) is 8.81. The summed E-state index contributed by atoms with van der Waals surface area (Å²) in [4.78, 5) is 30.9. The Hall–Kier alpha value is -3.56. The Morgan fingerprint density at radius 1 is 1.19 bits per heavy atom. The highest BCUT2D eigenvalue weighted by molar-refractivity contribution is 6.07. The number of piperidine rings is 1.